The lowest BCUT2D eigenvalue weighted by Gasteiger charge is -2.34. The predicted octanol–water partition coefficient (Wildman–Crippen LogP) is 4.95. The van der Waals surface area contributed by atoms with E-state index in [0.29, 0.717) is 16.7 Å². The molecule has 0 aliphatic carbocycles. The Balaban J connectivity index is 1.86. The Hall–Kier alpha value is -0.920. The summed E-state index contributed by atoms with van der Waals surface area (Å²) in [7, 11) is 0. The lowest BCUT2D eigenvalue weighted by atomic mass is 10.2. The number of hydrogen-bond donors (Lipinski definition) is 0. The second-order valence-corrected chi connectivity index (χ2v) is 8.50. The molecule has 3 rings (SSSR count). The van der Waals surface area contributed by atoms with Gasteiger partial charge in [-0.3, -0.25) is 9.47 Å². The summed E-state index contributed by atoms with van der Waals surface area (Å²) in [5.74, 6) is 0.793. The molecule has 27 heavy (non-hydrogen) atoms. The highest BCUT2D eigenvalue weighted by Gasteiger charge is 2.21. The van der Waals surface area contributed by atoms with E-state index in [0.717, 1.165) is 42.3 Å². The number of nitrogens with zero attached hydrogens (tertiary/aromatic N) is 5. The van der Waals surface area contributed by atoms with Gasteiger partial charge in [-0.25, -0.2) is 4.68 Å². The molecule has 1 saturated heterocycles. The molecule has 2 aromatic rings. The van der Waals surface area contributed by atoms with Gasteiger partial charge < -0.3 is 4.90 Å². The van der Waals surface area contributed by atoms with E-state index >= 15 is 0 Å². The summed E-state index contributed by atoms with van der Waals surface area (Å²) >= 11 is 18.2. The Morgan fingerprint density at radius 2 is 1.78 bits per heavy atom. The molecular formula is C19H27Cl2N5S. The minimum atomic E-state index is 0.189. The van der Waals surface area contributed by atoms with Gasteiger partial charge in [0, 0.05) is 42.8 Å². The summed E-state index contributed by atoms with van der Waals surface area (Å²) in [6.45, 7) is 12.6. The van der Waals surface area contributed by atoms with Crippen LogP contribution in [0.15, 0.2) is 18.2 Å². The Bertz CT molecular complexity index is 837. The van der Waals surface area contributed by atoms with Crippen molar-refractivity contribution in [1.82, 2.24) is 24.1 Å². The van der Waals surface area contributed by atoms with Crippen molar-refractivity contribution in [2.45, 2.75) is 39.9 Å². The monoisotopic (exact) mass is 427 g/mol. The maximum Gasteiger partial charge on any atom is 0.199 e. The number of rotatable bonds is 6. The maximum absolute atomic E-state index is 6.44. The van der Waals surface area contributed by atoms with Gasteiger partial charge in [0.05, 0.1) is 11.7 Å². The Morgan fingerprint density at radius 3 is 2.37 bits per heavy atom. The molecule has 1 fully saturated rings. The summed E-state index contributed by atoms with van der Waals surface area (Å²) in [4.78, 5) is 4.92. The van der Waals surface area contributed by atoms with Crippen LogP contribution in [0, 0.1) is 4.77 Å². The molecule has 148 valence electrons. The first-order chi connectivity index (χ1) is 12.9. The van der Waals surface area contributed by atoms with E-state index in [2.05, 4.69) is 35.1 Å². The van der Waals surface area contributed by atoms with E-state index in [9.17, 15) is 0 Å². The van der Waals surface area contributed by atoms with Crippen LogP contribution in [-0.4, -0.2) is 56.9 Å². The van der Waals surface area contributed by atoms with Crippen LogP contribution < -0.4 is 0 Å². The molecular weight excluding hydrogens is 401 g/mol. The highest BCUT2D eigenvalue weighted by Crippen LogP contribution is 2.31. The summed E-state index contributed by atoms with van der Waals surface area (Å²) in [6, 6.07) is 5.68. The molecule has 1 aromatic heterocycles. The predicted molar refractivity (Wildman–Crippen MR) is 115 cm³/mol. The lowest BCUT2D eigenvalue weighted by Crippen LogP contribution is -2.46. The van der Waals surface area contributed by atoms with Gasteiger partial charge >= 0.3 is 0 Å². The van der Waals surface area contributed by atoms with Crippen LogP contribution in [0.5, 0.6) is 0 Å². The van der Waals surface area contributed by atoms with Gasteiger partial charge in [0.1, 0.15) is 0 Å². The summed E-state index contributed by atoms with van der Waals surface area (Å²) in [5, 5.41) is 6.04. The van der Waals surface area contributed by atoms with Crippen LogP contribution in [0.3, 0.4) is 0 Å². The molecule has 8 heteroatoms. The minimum absolute atomic E-state index is 0.189. The van der Waals surface area contributed by atoms with Gasteiger partial charge in [-0.2, -0.15) is 5.10 Å². The van der Waals surface area contributed by atoms with Gasteiger partial charge in [0.2, 0.25) is 0 Å². The van der Waals surface area contributed by atoms with Crippen molar-refractivity contribution in [2.75, 3.05) is 32.7 Å². The largest absolute Gasteiger partial charge is 0.301 e. The van der Waals surface area contributed by atoms with E-state index in [4.69, 9.17) is 40.5 Å². The topological polar surface area (TPSA) is 29.2 Å². The number of benzene rings is 1. The standard InChI is InChI=1S/C19H27Cl2N5S/c1-4-7-23-8-10-24(11-9-23)13-25-19(27)26(14(2)3)18(22-25)16-6-5-15(20)12-17(16)21/h5-6,12,14H,4,7-11,13H2,1-3H3. The van der Waals surface area contributed by atoms with Gasteiger partial charge in [0.15, 0.2) is 10.6 Å². The second-order valence-electron chi connectivity index (χ2n) is 7.29. The van der Waals surface area contributed by atoms with E-state index in [-0.39, 0.29) is 6.04 Å². The number of halogens is 2. The molecule has 5 nitrogen and oxygen atoms in total. The zero-order chi connectivity index (χ0) is 19.6. The third-order valence-electron chi connectivity index (χ3n) is 4.90. The van der Waals surface area contributed by atoms with Gasteiger partial charge in [-0.15, -0.1) is 0 Å². The fourth-order valence-corrected chi connectivity index (χ4v) is 4.38. The molecule has 1 aromatic carbocycles. The summed E-state index contributed by atoms with van der Waals surface area (Å²) in [5.41, 5.74) is 0.854. The maximum atomic E-state index is 6.44. The van der Waals surface area contributed by atoms with Crippen molar-refractivity contribution in [3.63, 3.8) is 0 Å². The third kappa shape index (κ3) is 4.74. The normalized spacial score (nSPS) is 16.4. The fraction of sp³-hybridized carbons (Fsp3) is 0.579. The van der Waals surface area contributed by atoms with Crippen molar-refractivity contribution in [1.29, 1.82) is 0 Å². The first kappa shape index (κ1) is 20.8. The van der Waals surface area contributed by atoms with Crippen molar-refractivity contribution >= 4 is 35.4 Å². The van der Waals surface area contributed by atoms with Crippen molar-refractivity contribution in [2.24, 2.45) is 0 Å². The molecule has 0 bridgehead atoms. The Kier molecular flexibility index (Phi) is 6.98. The molecule has 2 heterocycles. The molecule has 1 aliphatic rings. The molecule has 0 amide bonds. The first-order valence-electron chi connectivity index (χ1n) is 9.50. The number of piperazine rings is 1. The van der Waals surface area contributed by atoms with Crippen molar-refractivity contribution < 1.29 is 0 Å². The van der Waals surface area contributed by atoms with Gasteiger partial charge in [-0.05, 0) is 57.2 Å². The molecule has 1 aliphatic heterocycles. The fourth-order valence-electron chi connectivity index (χ4n) is 3.49. The summed E-state index contributed by atoms with van der Waals surface area (Å²) < 4.78 is 4.71. The number of hydrogen-bond acceptors (Lipinski definition) is 4. The average molecular weight is 428 g/mol. The van der Waals surface area contributed by atoms with Gasteiger partial charge in [0.25, 0.3) is 0 Å². The van der Waals surface area contributed by atoms with Crippen molar-refractivity contribution in [3.05, 3.63) is 33.0 Å². The lowest BCUT2D eigenvalue weighted by molar-refractivity contribution is 0.102. The van der Waals surface area contributed by atoms with E-state index in [1.54, 1.807) is 6.07 Å². The van der Waals surface area contributed by atoms with Gasteiger partial charge in [-0.1, -0.05) is 30.1 Å². The smallest absolute Gasteiger partial charge is 0.199 e. The van der Waals surface area contributed by atoms with Crippen molar-refractivity contribution in [3.8, 4) is 11.4 Å². The number of aromatic nitrogens is 3. The van der Waals surface area contributed by atoms with E-state index < -0.39 is 0 Å². The van der Waals surface area contributed by atoms with Crippen LogP contribution >= 0.6 is 35.4 Å². The van der Waals surface area contributed by atoms with E-state index in [1.807, 2.05) is 16.8 Å². The minimum Gasteiger partial charge on any atom is -0.301 e. The molecule has 0 spiro atoms. The highest BCUT2D eigenvalue weighted by molar-refractivity contribution is 7.71. The average Bonchev–Trinajstić information content (AvgIpc) is 2.93. The van der Waals surface area contributed by atoms with Crippen LogP contribution in [0.1, 0.15) is 33.2 Å². The molecule has 0 saturated carbocycles. The van der Waals surface area contributed by atoms with E-state index in [1.165, 1.54) is 13.0 Å². The van der Waals surface area contributed by atoms with Crippen LogP contribution in [-0.2, 0) is 6.67 Å². The van der Waals surface area contributed by atoms with Crippen LogP contribution in [0.25, 0.3) is 11.4 Å². The first-order valence-corrected chi connectivity index (χ1v) is 10.7. The third-order valence-corrected chi connectivity index (χ3v) is 5.85. The molecule has 0 N–H and O–H groups in total. The highest BCUT2D eigenvalue weighted by atomic mass is 35.5. The zero-order valence-corrected chi connectivity index (χ0v) is 18.5. The molecule has 0 radical (unpaired) electrons. The van der Waals surface area contributed by atoms with Crippen LogP contribution in [0.4, 0.5) is 0 Å². The zero-order valence-electron chi connectivity index (χ0n) is 16.2. The second kappa shape index (κ2) is 9.05. The summed E-state index contributed by atoms with van der Waals surface area (Å²) in [6.07, 6.45) is 1.20. The Labute approximate surface area is 176 Å². The SMILES string of the molecule is CCCN1CCN(Cn2nc(-c3ccc(Cl)cc3Cl)n(C(C)C)c2=S)CC1. The molecule has 0 atom stereocenters. The quantitative estimate of drug-likeness (QED) is 0.609. The molecule has 0 unspecified atom stereocenters. The Morgan fingerprint density at radius 1 is 1.11 bits per heavy atom. The van der Waals surface area contributed by atoms with Crippen LogP contribution in [0.2, 0.25) is 10.0 Å².